The molecular formula is C20H19N3O4. The van der Waals surface area contributed by atoms with Crippen LogP contribution in [0.1, 0.15) is 12.5 Å². The van der Waals surface area contributed by atoms with Crippen LogP contribution in [0.25, 0.3) is 0 Å². The van der Waals surface area contributed by atoms with Crippen LogP contribution in [0.2, 0.25) is 0 Å². The molecule has 0 aromatic heterocycles. The van der Waals surface area contributed by atoms with Crippen LogP contribution in [0, 0.1) is 12.8 Å². The largest absolute Gasteiger partial charge is 0.494 e. The number of aliphatic imine (C=N–C) groups is 1. The third kappa shape index (κ3) is 3.87. The van der Waals surface area contributed by atoms with Crippen LogP contribution in [0.4, 0.5) is 16.2 Å². The number of hydrogen-bond acceptors (Lipinski definition) is 5. The summed E-state index contributed by atoms with van der Waals surface area (Å²) >= 11 is 0. The molecule has 7 heteroatoms. The zero-order chi connectivity index (χ0) is 19.4. The number of nitrogens with zero attached hydrogens (tertiary/aromatic N) is 2. The van der Waals surface area contributed by atoms with E-state index in [9.17, 15) is 14.4 Å². The molecule has 1 heterocycles. The van der Waals surface area contributed by atoms with Gasteiger partial charge >= 0.3 is 6.03 Å². The lowest BCUT2D eigenvalue weighted by Gasteiger charge is -2.29. The second kappa shape index (κ2) is 7.82. The Hall–Kier alpha value is -3.48. The second-order valence-electron chi connectivity index (χ2n) is 5.94. The van der Waals surface area contributed by atoms with Crippen LogP contribution in [-0.2, 0) is 9.59 Å². The average molecular weight is 365 g/mol. The van der Waals surface area contributed by atoms with E-state index in [-0.39, 0.29) is 0 Å². The zero-order valence-corrected chi connectivity index (χ0v) is 15.0. The number of barbiturate groups is 1. The number of benzene rings is 2. The summed E-state index contributed by atoms with van der Waals surface area (Å²) in [6, 6.07) is 13.2. The first-order valence-corrected chi connectivity index (χ1v) is 8.52. The second-order valence-corrected chi connectivity index (χ2v) is 5.94. The van der Waals surface area contributed by atoms with Crippen molar-refractivity contribution >= 4 is 35.4 Å². The molecule has 138 valence electrons. The molecule has 1 atom stereocenters. The highest BCUT2D eigenvalue weighted by Crippen LogP contribution is 2.24. The van der Waals surface area contributed by atoms with E-state index in [1.54, 1.807) is 55.5 Å². The van der Waals surface area contributed by atoms with Crippen molar-refractivity contribution < 1.29 is 19.1 Å². The van der Waals surface area contributed by atoms with Crippen molar-refractivity contribution in [2.24, 2.45) is 10.9 Å². The molecule has 1 N–H and O–H groups in total. The SMILES string of the molecule is CCOc1ccc(N=C[C@H]2C(=O)NC(=O)N(c3ccccc3C)C2=O)cc1. The quantitative estimate of drug-likeness (QED) is 0.652. The van der Waals surface area contributed by atoms with Gasteiger partial charge in [-0.1, -0.05) is 18.2 Å². The normalized spacial score (nSPS) is 17.3. The number of amides is 4. The summed E-state index contributed by atoms with van der Waals surface area (Å²) in [6.07, 6.45) is 1.26. The third-order valence-electron chi connectivity index (χ3n) is 4.08. The van der Waals surface area contributed by atoms with Crippen LogP contribution < -0.4 is 15.0 Å². The highest BCUT2D eigenvalue weighted by Gasteiger charge is 2.40. The molecule has 2 aromatic rings. The molecule has 1 aliphatic rings. The molecule has 0 saturated carbocycles. The van der Waals surface area contributed by atoms with E-state index in [2.05, 4.69) is 10.3 Å². The number of urea groups is 1. The molecule has 3 rings (SSSR count). The Balaban J connectivity index is 1.84. The molecule has 0 spiro atoms. The first-order valence-electron chi connectivity index (χ1n) is 8.52. The Kier molecular flexibility index (Phi) is 5.30. The highest BCUT2D eigenvalue weighted by atomic mass is 16.5. The molecule has 0 unspecified atom stereocenters. The fourth-order valence-corrected chi connectivity index (χ4v) is 2.72. The molecule has 0 aliphatic carbocycles. The van der Waals surface area contributed by atoms with E-state index < -0.39 is 23.8 Å². The first-order chi connectivity index (χ1) is 13.0. The number of imide groups is 2. The van der Waals surface area contributed by atoms with Gasteiger partial charge < -0.3 is 4.74 Å². The fraction of sp³-hybridized carbons (Fsp3) is 0.200. The summed E-state index contributed by atoms with van der Waals surface area (Å²) in [4.78, 5) is 42.3. The van der Waals surface area contributed by atoms with Gasteiger partial charge in [-0.3, -0.25) is 19.9 Å². The number of hydrogen-bond donors (Lipinski definition) is 1. The summed E-state index contributed by atoms with van der Waals surface area (Å²) in [5.74, 6) is -1.80. The van der Waals surface area contributed by atoms with Crippen molar-refractivity contribution in [3.8, 4) is 5.75 Å². The molecule has 0 bridgehead atoms. The van der Waals surface area contributed by atoms with Crippen molar-refractivity contribution in [1.29, 1.82) is 0 Å². The smallest absolute Gasteiger partial charge is 0.335 e. The topological polar surface area (TPSA) is 88.1 Å². The number of carbonyl (C=O) groups excluding carboxylic acids is 3. The molecule has 4 amide bonds. The maximum Gasteiger partial charge on any atom is 0.335 e. The minimum Gasteiger partial charge on any atom is -0.494 e. The summed E-state index contributed by atoms with van der Waals surface area (Å²) in [5.41, 5.74) is 1.75. The number of carbonyl (C=O) groups is 3. The number of anilines is 1. The lowest BCUT2D eigenvalue weighted by atomic mass is 10.0. The Morgan fingerprint density at radius 3 is 2.48 bits per heavy atom. The van der Waals surface area contributed by atoms with E-state index in [4.69, 9.17) is 4.74 Å². The maximum absolute atomic E-state index is 12.8. The molecule has 7 nitrogen and oxygen atoms in total. The van der Waals surface area contributed by atoms with E-state index in [1.807, 2.05) is 6.92 Å². The van der Waals surface area contributed by atoms with Gasteiger partial charge in [0.2, 0.25) is 5.91 Å². The van der Waals surface area contributed by atoms with Crippen molar-refractivity contribution in [2.75, 3.05) is 11.5 Å². The van der Waals surface area contributed by atoms with Crippen molar-refractivity contribution in [3.63, 3.8) is 0 Å². The van der Waals surface area contributed by atoms with Crippen LogP contribution in [-0.4, -0.2) is 30.7 Å². The van der Waals surface area contributed by atoms with E-state index >= 15 is 0 Å². The van der Waals surface area contributed by atoms with Crippen molar-refractivity contribution in [3.05, 3.63) is 54.1 Å². The predicted molar refractivity (Wildman–Crippen MR) is 101 cm³/mol. The van der Waals surface area contributed by atoms with Gasteiger partial charge in [-0.2, -0.15) is 0 Å². The van der Waals surface area contributed by atoms with Gasteiger partial charge in [0.15, 0.2) is 5.92 Å². The minimum absolute atomic E-state index is 0.437. The predicted octanol–water partition coefficient (Wildman–Crippen LogP) is 3.00. The summed E-state index contributed by atoms with van der Waals surface area (Å²) in [5, 5.41) is 2.21. The monoisotopic (exact) mass is 365 g/mol. The number of ether oxygens (including phenoxy) is 1. The maximum atomic E-state index is 12.8. The summed E-state index contributed by atoms with van der Waals surface area (Å²) < 4.78 is 5.36. The Morgan fingerprint density at radius 1 is 1.11 bits per heavy atom. The lowest BCUT2D eigenvalue weighted by molar-refractivity contribution is -0.131. The fourth-order valence-electron chi connectivity index (χ4n) is 2.72. The van der Waals surface area contributed by atoms with E-state index in [1.165, 1.54) is 6.21 Å². The van der Waals surface area contributed by atoms with Crippen LogP contribution >= 0.6 is 0 Å². The molecule has 2 aromatic carbocycles. The summed E-state index contributed by atoms with van der Waals surface area (Å²) in [6.45, 7) is 4.23. The van der Waals surface area contributed by atoms with E-state index in [0.717, 1.165) is 10.5 Å². The number of nitrogens with one attached hydrogen (secondary N) is 1. The molecule has 1 aliphatic heterocycles. The minimum atomic E-state index is -1.19. The molecular weight excluding hydrogens is 346 g/mol. The zero-order valence-electron chi connectivity index (χ0n) is 15.0. The first kappa shape index (κ1) is 18.3. The number of rotatable bonds is 5. The highest BCUT2D eigenvalue weighted by molar-refractivity contribution is 6.32. The van der Waals surface area contributed by atoms with Gasteiger partial charge in [0.1, 0.15) is 5.75 Å². The van der Waals surface area contributed by atoms with Gasteiger partial charge in [-0.25, -0.2) is 9.69 Å². The van der Waals surface area contributed by atoms with Gasteiger partial charge in [0.25, 0.3) is 5.91 Å². The molecule has 1 saturated heterocycles. The Morgan fingerprint density at radius 2 is 1.81 bits per heavy atom. The number of para-hydroxylation sites is 1. The van der Waals surface area contributed by atoms with Gasteiger partial charge in [-0.15, -0.1) is 0 Å². The van der Waals surface area contributed by atoms with Crippen LogP contribution in [0.15, 0.2) is 53.5 Å². The Bertz CT molecular complexity index is 906. The van der Waals surface area contributed by atoms with Gasteiger partial charge in [-0.05, 0) is 49.7 Å². The molecule has 0 radical (unpaired) electrons. The molecule has 1 fully saturated rings. The average Bonchev–Trinajstić information content (AvgIpc) is 2.64. The third-order valence-corrected chi connectivity index (χ3v) is 4.08. The van der Waals surface area contributed by atoms with Crippen molar-refractivity contribution in [1.82, 2.24) is 5.32 Å². The van der Waals surface area contributed by atoms with Crippen LogP contribution in [0.3, 0.4) is 0 Å². The van der Waals surface area contributed by atoms with Crippen LogP contribution in [0.5, 0.6) is 5.75 Å². The lowest BCUT2D eigenvalue weighted by Crippen LogP contribution is -2.58. The Labute approximate surface area is 156 Å². The standard InChI is InChI=1S/C20H19N3O4/c1-3-27-15-10-8-14(9-11-15)21-12-16-18(24)22-20(26)23(19(16)25)17-7-5-4-6-13(17)2/h4-12,16H,3H2,1-2H3,(H,22,24,26)/t16-/m0/s1. The molecule has 27 heavy (non-hydrogen) atoms. The van der Waals surface area contributed by atoms with Gasteiger partial charge in [0.05, 0.1) is 18.0 Å². The van der Waals surface area contributed by atoms with Crippen molar-refractivity contribution in [2.45, 2.75) is 13.8 Å². The van der Waals surface area contributed by atoms with Gasteiger partial charge in [0, 0.05) is 6.21 Å². The van der Waals surface area contributed by atoms with E-state index in [0.29, 0.717) is 23.7 Å². The summed E-state index contributed by atoms with van der Waals surface area (Å²) in [7, 11) is 0. The number of aryl methyl sites for hydroxylation is 1.